The largest absolute Gasteiger partial charge is 0.573 e. The van der Waals surface area contributed by atoms with Gasteiger partial charge in [-0.05, 0) is 23.3 Å². The van der Waals surface area contributed by atoms with Gasteiger partial charge in [0.05, 0.1) is 6.04 Å². The van der Waals surface area contributed by atoms with Crippen molar-refractivity contribution in [3.8, 4) is 5.75 Å². The summed E-state index contributed by atoms with van der Waals surface area (Å²) in [4.78, 5) is 2.34. The van der Waals surface area contributed by atoms with E-state index >= 15 is 0 Å². The van der Waals surface area contributed by atoms with E-state index in [0.29, 0.717) is 0 Å². The highest BCUT2D eigenvalue weighted by atomic mass is 19.4. The number of hydrogen-bond donors (Lipinski definition) is 1. The Kier molecular flexibility index (Phi) is 5.06. The summed E-state index contributed by atoms with van der Waals surface area (Å²) >= 11 is 0. The summed E-state index contributed by atoms with van der Waals surface area (Å²) in [5, 5.41) is 3.32. The van der Waals surface area contributed by atoms with Crippen LogP contribution in [0.2, 0.25) is 0 Å². The third-order valence-electron chi connectivity index (χ3n) is 4.06. The molecule has 0 unspecified atom stereocenters. The lowest BCUT2D eigenvalue weighted by Gasteiger charge is -2.35. The number of alkyl halides is 3. The van der Waals surface area contributed by atoms with Crippen LogP contribution >= 0.6 is 0 Å². The van der Waals surface area contributed by atoms with Crippen LogP contribution in [0.1, 0.15) is 17.2 Å². The van der Waals surface area contributed by atoms with Gasteiger partial charge < -0.3 is 10.1 Å². The standard InChI is InChI=1S/C18H19F3N2O/c19-18(20,21)24-16-8-6-15(7-9-16)17(14-4-2-1-3-5-14)23-12-10-22-11-13-23/h1-9,17,22H,10-13H2/t17-/m1/s1. The Labute approximate surface area is 139 Å². The van der Waals surface area contributed by atoms with Gasteiger partial charge >= 0.3 is 6.36 Å². The maximum Gasteiger partial charge on any atom is 0.573 e. The van der Waals surface area contributed by atoms with Crippen molar-refractivity contribution in [3.05, 3.63) is 65.7 Å². The van der Waals surface area contributed by atoms with Crippen LogP contribution < -0.4 is 10.1 Å². The zero-order valence-corrected chi connectivity index (χ0v) is 13.1. The van der Waals surface area contributed by atoms with Gasteiger partial charge in [0.2, 0.25) is 0 Å². The minimum atomic E-state index is -4.67. The van der Waals surface area contributed by atoms with Crippen molar-refractivity contribution in [1.29, 1.82) is 0 Å². The van der Waals surface area contributed by atoms with E-state index in [9.17, 15) is 13.2 Å². The van der Waals surface area contributed by atoms with Gasteiger partial charge in [-0.2, -0.15) is 0 Å². The molecule has 1 heterocycles. The summed E-state index contributed by atoms with van der Waals surface area (Å²) < 4.78 is 40.9. The summed E-state index contributed by atoms with van der Waals surface area (Å²) in [6.45, 7) is 3.58. The van der Waals surface area contributed by atoms with Crippen LogP contribution in [0.5, 0.6) is 5.75 Å². The molecule has 2 aromatic rings. The summed E-state index contributed by atoms with van der Waals surface area (Å²) in [6, 6.07) is 16.2. The van der Waals surface area contributed by atoms with E-state index in [4.69, 9.17) is 0 Å². The Morgan fingerprint density at radius 3 is 2.04 bits per heavy atom. The van der Waals surface area contributed by atoms with Crippen LogP contribution in [0.4, 0.5) is 13.2 Å². The molecule has 1 fully saturated rings. The van der Waals surface area contributed by atoms with Crippen molar-refractivity contribution in [2.24, 2.45) is 0 Å². The van der Waals surface area contributed by atoms with Crippen molar-refractivity contribution < 1.29 is 17.9 Å². The Hall–Kier alpha value is -2.05. The van der Waals surface area contributed by atoms with Crippen molar-refractivity contribution in [1.82, 2.24) is 10.2 Å². The normalized spacial score (nSPS) is 17.5. The van der Waals surface area contributed by atoms with E-state index in [0.717, 1.165) is 37.3 Å². The Bertz CT molecular complexity index is 638. The van der Waals surface area contributed by atoms with Crippen molar-refractivity contribution in [2.45, 2.75) is 12.4 Å². The van der Waals surface area contributed by atoms with Crippen LogP contribution in [0.15, 0.2) is 54.6 Å². The first-order valence-corrected chi connectivity index (χ1v) is 7.88. The zero-order chi connectivity index (χ0) is 17.0. The number of ether oxygens (including phenoxy) is 1. The molecule has 24 heavy (non-hydrogen) atoms. The number of benzene rings is 2. The van der Waals surface area contributed by atoms with E-state index in [1.54, 1.807) is 12.1 Å². The maximum absolute atomic E-state index is 12.3. The molecule has 6 heteroatoms. The van der Waals surface area contributed by atoms with E-state index in [1.807, 2.05) is 30.3 Å². The molecule has 128 valence electrons. The highest BCUT2D eigenvalue weighted by Crippen LogP contribution is 2.31. The van der Waals surface area contributed by atoms with Crippen molar-refractivity contribution in [3.63, 3.8) is 0 Å². The molecule has 1 saturated heterocycles. The molecule has 0 spiro atoms. The van der Waals surface area contributed by atoms with Gasteiger partial charge in [0.1, 0.15) is 5.75 Å². The van der Waals surface area contributed by atoms with Crippen molar-refractivity contribution >= 4 is 0 Å². The van der Waals surface area contributed by atoms with E-state index < -0.39 is 6.36 Å². The zero-order valence-electron chi connectivity index (χ0n) is 13.1. The average molecular weight is 336 g/mol. The Morgan fingerprint density at radius 1 is 0.875 bits per heavy atom. The number of hydrogen-bond acceptors (Lipinski definition) is 3. The van der Waals surface area contributed by atoms with Crippen molar-refractivity contribution in [2.75, 3.05) is 26.2 Å². The molecule has 0 radical (unpaired) electrons. The lowest BCUT2D eigenvalue weighted by molar-refractivity contribution is -0.274. The Morgan fingerprint density at radius 2 is 1.46 bits per heavy atom. The summed E-state index contributed by atoms with van der Waals surface area (Å²) in [5.74, 6) is -0.196. The molecule has 3 rings (SSSR count). The number of halogens is 3. The molecule has 3 nitrogen and oxygen atoms in total. The van der Waals surface area contributed by atoms with Gasteiger partial charge in [-0.25, -0.2) is 0 Å². The second-order valence-electron chi connectivity index (χ2n) is 5.72. The second kappa shape index (κ2) is 7.23. The van der Waals surface area contributed by atoms with Crippen LogP contribution in [0.3, 0.4) is 0 Å². The predicted molar refractivity (Wildman–Crippen MR) is 85.9 cm³/mol. The smallest absolute Gasteiger partial charge is 0.406 e. The highest BCUT2D eigenvalue weighted by Gasteiger charge is 2.31. The first kappa shape index (κ1) is 16.8. The fraction of sp³-hybridized carbons (Fsp3) is 0.333. The molecule has 1 aliphatic heterocycles. The number of nitrogens with zero attached hydrogens (tertiary/aromatic N) is 1. The molecule has 1 atom stereocenters. The third-order valence-corrected chi connectivity index (χ3v) is 4.06. The lowest BCUT2D eigenvalue weighted by atomic mass is 9.96. The second-order valence-corrected chi connectivity index (χ2v) is 5.72. The maximum atomic E-state index is 12.3. The third kappa shape index (κ3) is 4.27. The molecular formula is C18H19F3N2O. The van der Waals surface area contributed by atoms with E-state index in [1.165, 1.54) is 12.1 Å². The highest BCUT2D eigenvalue weighted by molar-refractivity contribution is 5.35. The molecule has 0 aromatic heterocycles. The van der Waals surface area contributed by atoms with Crippen LogP contribution in [0.25, 0.3) is 0 Å². The summed E-state index contributed by atoms with van der Waals surface area (Å²) in [6.07, 6.45) is -4.67. The van der Waals surface area contributed by atoms with Gasteiger partial charge in [0.15, 0.2) is 0 Å². The molecule has 0 amide bonds. The molecular weight excluding hydrogens is 317 g/mol. The molecule has 0 aliphatic carbocycles. The molecule has 1 aliphatic rings. The molecule has 1 N–H and O–H groups in total. The topological polar surface area (TPSA) is 24.5 Å². The van der Waals surface area contributed by atoms with Crippen LogP contribution in [-0.2, 0) is 0 Å². The molecule has 2 aromatic carbocycles. The lowest BCUT2D eigenvalue weighted by Crippen LogP contribution is -2.45. The number of piperazine rings is 1. The van der Waals surface area contributed by atoms with Gasteiger partial charge in [-0.15, -0.1) is 13.2 Å². The van der Waals surface area contributed by atoms with Gasteiger partial charge in [-0.3, -0.25) is 4.90 Å². The summed E-state index contributed by atoms with van der Waals surface area (Å²) in [5.41, 5.74) is 2.08. The first-order chi connectivity index (χ1) is 11.5. The first-order valence-electron chi connectivity index (χ1n) is 7.88. The van der Waals surface area contributed by atoms with Gasteiger partial charge in [0, 0.05) is 26.2 Å². The monoisotopic (exact) mass is 336 g/mol. The number of rotatable bonds is 4. The van der Waals surface area contributed by atoms with Crippen LogP contribution in [0, 0.1) is 0 Å². The molecule has 0 bridgehead atoms. The minimum absolute atomic E-state index is 0.0215. The predicted octanol–water partition coefficient (Wildman–Crippen LogP) is 3.58. The quantitative estimate of drug-likeness (QED) is 0.924. The van der Waals surface area contributed by atoms with Gasteiger partial charge in [0.25, 0.3) is 0 Å². The van der Waals surface area contributed by atoms with Gasteiger partial charge in [-0.1, -0.05) is 42.5 Å². The number of nitrogens with one attached hydrogen (secondary N) is 1. The van der Waals surface area contributed by atoms with E-state index in [2.05, 4.69) is 15.0 Å². The minimum Gasteiger partial charge on any atom is -0.406 e. The Balaban J connectivity index is 1.87. The average Bonchev–Trinajstić information content (AvgIpc) is 2.57. The van der Waals surface area contributed by atoms with Crippen LogP contribution in [-0.4, -0.2) is 37.4 Å². The fourth-order valence-electron chi connectivity index (χ4n) is 3.04. The molecule has 0 saturated carbocycles. The SMILES string of the molecule is FC(F)(F)Oc1ccc([C@@H](c2ccccc2)N2CCNCC2)cc1. The summed E-state index contributed by atoms with van der Waals surface area (Å²) in [7, 11) is 0. The fourth-order valence-corrected chi connectivity index (χ4v) is 3.04. The van der Waals surface area contributed by atoms with E-state index in [-0.39, 0.29) is 11.8 Å².